The second-order valence-corrected chi connectivity index (χ2v) is 9.41. The van der Waals surface area contributed by atoms with Crippen LogP contribution in [0.2, 0.25) is 0 Å². The van der Waals surface area contributed by atoms with Crippen LogP contribution in [0.5, 0.6) is 0 Å². The van der Waals surface area contributed by atoms with Crippen molar-refractivity contribution in [2.45, 2.75) is 19.0 Å². The number of rotatable bonds is 5. The average Bonchev–Trinajstić information content (AvgIpc) is 3.50. The third-order valence-corrected chi connectivity index (χ3v) is 7.24. The topological polar surface area (TPSA) is 67.6 Å². The molecular weight excluding hydrogens is 526 g/mol. The van der Waals surface area contributed by atoms with Gasteiger partial charge < -0.3 is 19.4 Å². The number of aryl methyl sites for hydroxylation is 1. The standard InChI is InChI=1S/C27H22BrN3O3S/c1-16-15-17(10-11-20(16)28)31-25(24(30-27(31)35)21-9-5-6-14-29-21)23-13-12-22(34-23)18-7-3-4-8-19(18)26(32)33-2/h3-15,24-25H,1-2H3,(H,30,35)/t24-,25+/m0/s1. The summed E-state index contributed by atoms with van der Waals surface area (Å²) in [6.45, 7) is 2.04. The Balaban J connectivity index is 1.62. The van der Waals surface area contributed by atoms with E-state index >= 15 is 0 Å². The fraction of sp³-hybridized carbons (Fsp3) is 0.148. The Morgan fingerprint density at radius 3 is 2.66 bits per heavy atom. The summed E-state index contributed by atoms with van der Waals surface area (Å²) < 4.78 is 12.4. The van der Waals surface area contributed by atoms with Gasteiger partial charge in [0.25, 0.3) is 0 Å². The molecule has 176 valence electrons. The van der Waals surface area contributed by atoms with Crippen molar-refractivity contribution in [2.75, 3.05) is 12.0 Å². The molecule has 2 atom stereocenters. The molecule has 4 aromatic rings. The first kappa shape index (κ1) is 23.3. The number of benzene rings is 2. The van der Waals surface area contributed by atoms with Crippen molar-refractivity contribution < 1.29 is 13.9 Å². The van der Waals surface area contributed by atoms with Gasteiger partial charge in [-0.1, -0.05) is 40.2 Å². The van der Waals surface area contributed by atoms with Crippen LogP contribution in [0.4, 0.5) is 5.69 Å². The highest BCUT2D eigenvalue weighted by atomic mass is 79.9. The maximum atomic E-state index is 12.3. The predicted molar refractivity (Wildman–Crippen MR) is 142 cm³/mol. The van der Waals surface area contributed by atoms with Crippen LogP contribution in [0.15, 0.2) is 87.9 Å². The molecule has 8 heteroatoms. The second-order valence-electron chi connectivity index (χ2n) is 8.17. The number of nitrogens with zero attached hydrogens (tertiary/aromatic N) is 2. The van der Waals surface area contributed by atoms with Crippen LogP contribution in [-0.4, -0.2) is 23.2 Å². The summed E-state index contributed by atoms with van der Waals surface area (Å²) in [5.41, 5.74) is 4.00. The molecule has 2 aromatic carbocycles. The molecule has 1 aliphatic rings. The summed E-state index contributed by atoms with van der Waals surface area (Å²) in [5, 5.41) is 4.02. The zero-order chi connectivity index (χ0) is 24.5. The van der Waals surface area contributed by atoms with Crippen LogP contribution in [0.25, 0.3) is 11.3 Å². The largest absolute Gasteiger partial charge is 0.465 e. The van der Waals surface area contributed by atoms with Gasteiger partial charge in [-0.25, -0.2) is 4.79 Å². The number of carbonyl (C=O) groups excluding carboxylic acids is 1. The van der Waals surface area contributed by atoms with Gasteiger partial charge in [0.15, 0.2) is 5.11 Å². The van der Waals surface area contributed by atoms with E-state index in [0.717, 1.165) is 21.4 Å². The average molecular weight is 548 g/mol. The second kappa shape index (κ2) is 9.64. The predicted octanol–water partition coefficient (Wildman–Crippen LogP) is 6.38. The summed E-state index contributed by atoms with van der Waals surface area (Å²) in [6.07, 6.45) is 1.77. The fourth-order valence-electron chi connectivity index (χ4n) is 4.34. The molecule has 5 rings (SSSR count). The molecular formula is C27H22BrN3O3S. The van der Waals surface area contributed by atoms with Gasteiger partial charge in [-0.05, 0) is 73.2 Å². The molecule has 6 nitrogen and oxygen atoms in total. The molecule has 0 spiro atoms. The Morgan fingerprint density at radius 2 is 1.91 bits per heavy atom. The molecule has 1 saturated heterocycles. The summed E-state index contributed by atoms with van der Waals surface area (Å²) in [5.74, 6) is 0.856. The van der Waals surface area contributed by atoms with Gasteiger partial charge in [-0.2, -0.15) is 0 Å². The van der Waals surface area contributed by atoms with Crippen LogP contribution in [0.1, 0.15) is 39.5 Å². The van der Waals surface area contributed by atoms with Gasteiger partial charge in [0, 0.05) is 21.9 Å². The van der Waals surface area contributed by atoms with Crippen molar-refractivity contribution in [2.24, 2.45) is 0 Å². The van der Waals surface area contributed by atoms with Crippen molar-refractivity contribution in [3.8, 4) is 11.3 Å². The van der Waals surface area contributed by atoms with E-state index in [0.29, 0.717) is 27.8 Å². The minimum absolute atomic E-state index is 0.234. The molecule has 2 aromatic heterocycles. The quantitative estimate of drug-likeness (QED) is 0.230. The third kappa shape index (κ3) is 4.35. The third-order valence-electron chi connectivity index (χ3n) is 6.03. The van der Waals surface area contributed by atoms with E-state index in [1.165, 1.54) is 7.11 Å². The van der Waals surface area contributed by atoms with Crippen molar-refractivity contribution in [1.82, 2.24) is 10.3 Å². The van der Waals surface area contributed by atoms with Crippen LogP contribution in [-0.2, 0) is 4.74 Å². The van der Waals surface area contributed by atoms with E-state index in [9.17, 15) is 4.79 Å². The lowest BCUT2D eigenvalue weighted by Gasteiger charge is -2.26. The van der Waals surface area contributed by atoms with Crippen molar-refractivity contribution in [1.29, 1.82) is 0 Å². The monoisotopic (exact) mass is 547 g/mol. The number of anilines is 1. The maximum Gasteiger partial charge on any atom is 0.338 e. The number of esters is 1. The van der Waals surface area contributed by atoms with Gasteiger partial charge in [0.05, 0.1) is 24.4 Å². The number of hydrogen-bond donors (Lipinski definition) is 1. The number of thiocarbonyl (C=S) groups is 1. The van der Waals surface area contributed by atoms with Crippen molar-refractivity contribution in [3.63, 3.8) is 0 Å². The van der Waals surface area contributed by atoms with Gasteiger partial charge in [0.1, 0.15) is 17.6 Å². The van der Waals surface area contributed by atoms with Gasteiger partial charge in [-0.3, -0.25) is 4.98 Å². The molecule has 0 radical (unpaired) electrons. The Labute approximate surface area is 217 Å². The molecule has 1 N–H and O–H groups in total. The molecule has 3 heterocycles. The first-order valence-electron chi connectivity index (χ1n) is 11.0. The molecule has 0 aliphatic carbocycles. The molecule has 0 bridgehead atoms. The summed E-state index contributed by atoms with van der Waals surface area (Å²) in [4.78, 5) is 19.0. The molecule has 35 heavy (non-hydrogen) atoms. The van der Waals surface area contributed by atoms with E-state index in [2.05, 4.69) is 37.2 Å². The highest BCUT2D eigenvalue weighted by molar-refractivity contribution is 9.10. The molecule has 1 aliphatic heterocycles. The SMILES string of the molecule is COC(=O)c1ccccc1-c1ccc([C@@H]2[C@H](c3ccccn3)NC(=S)N2c2ccc(Br)c(C)c2)o1. The lowest BCUT2D eigenvalue weighted by Crippen LogP contribution is -2.29. The van der Waals surface area contributed by atoms with E-state index in [1.807, 2.05) is 61.5 Å². The van der Waals surface area contributed by atoms with Crippen LogP contribution in [0, 0.1) is 6.92 Å². The normalized spacial score (nSPS) is 17.3. The van der Waals surface area contributed by atoms with Gasteiger partial charge in [0.2, 0.25) is 0 Å². The maximum absolute atomic E-state index is 12.3. The summed E-state index contributed by atoms with van der Waals surface area (Å²) in [7, 11) is 1.37. The van der Waals surface area contributed by atoms with E-state index in [1.54, 1.807) is 18.3 Å². The van der Waals surface area contributed by atoms with Crippen LogP contribution in [0.3, 0.4) is 0 Å². The number of halogens is 1. The number of carbonyl (C=O) groups is 1. The number of aromatic nitrogens is 1. The number of nitrogens with one attached hydrogen (secondary N) is 1. The number of ether oxygens (including phenoxy) is 1. The smallest absolute Gasteiger partial charge is 0.338 e. The fourth-order valence-corrected chi connectivity index (χ4v) is 4.94. The number of hydrogen-bond acceptors (Lipinski definition) is 5. The number of methoxy groups -OCH3 is 1. The van der Waals surface area contributed by atoms with E-state index in [-0.39, 0.29) is 12.1 Å². The first-order chi connectivity index (χ1) is 17.0. The highest BCUT2D eigenvalue weighted by Crippen LogP contribution is 2.43. The lowest BCUT2D eigenvalue weighted by molar-refractivity contribution is 0.0601. The van der Waals surface area contributed by atoms with E-state index < -0.39 is 5.97 Å². The first-order valence-corrected chi connectivity index (χ1v) is 12.2. The summed E-state index contributed by atoms with van der Waals surface area (Å²) >= 11 is 9.38. The highest BCUT2D eigenvalue weighted by Gasteiger charge is 2.42. The summed E-state index contributed by atoms with van der Waals surface area (Å²) in [6, 6.07) is 22.4. The van der Waals surface area contributed by atoms with Gasteiger partial charge >= 0.3 is 5.97 Å². The van der Waals surface area contributed by atoms with Gasteiger partial charge in [-0.15, -0.1) is 0 Å². The minimum atomic E-state index is -0.416. The Hall–Kier alpha value is -3.49. The molecule has 0 saturated carbocycles. The van der Waals surface area contributed by atoms with Crippen LogP contribution >= 0.6 is 28.1 Å². The Bertz CT molecular complexity index is 1410. The molecule has 0 amide bonds. The van der Waals surface area contributed by atoms with Crippen molar-refractivity contribution >= 4 is 44.9 Å². The Morgan fingerprint density at radius 1 is 1.11 bits per heavy atom. The minimum Gasteiger partial charge on any atom is -0.465 e. The number of furan rings is 1. The number of pyridine rings is 1. The zero-order valence-corrected chi connectivity index (χ0v) is 21.5. The Kier molecular flexibility index (Phi) is 6.40. The van der Waals surface area contributed by atoms with Crippen molar-refractivity contribution in [3.05, 3.63) is 106 Å². The van der Waals surface area contributed by atoms with Crippen LogP contribution < -0.4 is 10.2 Å². The molecule has 0 unspecified atom stereocenters. The van der Waals surface area contributed by atoms with E-state index in [4.69, 9.17) is 21.4 Å². The molecule has 1 fully saturated rings. The lowest BCUT2D eigenvalue weighted by atomic mass is 10.0. The zero-order valence-electron chi connectivity index (χ0n) is 19.1.